The standard InChI is InChI=1S/C58H38GeN4/c1-5-19-39(20-6-1)55-54-47-28-13-16-30-49(47)59(41-21-7-2-8-22-41,42-23-9-3-10-24-42)57(54)61-58(60-55)40-33-35-44(36-34-40)63-50-31-17-14-27-45(50)46-37-38-52-53(56(46)63)48-29-15-18-32-51(48)62(52)43-25-11-4-12-26-43/h1-38H. The molecule has 0 fully saturated rings. The van der Waals surface area contributed by atoms with E-state index in [4.69, 9.17) is 9.97 Å². The van der Waals surface area contributed by atoms with Gasteiger partial charge in [0.05, 0.1) is 0 Å². The molecule has 0 radical (unpaired) electrons. The Morgan fingerprint density at radius 3 is 1.62 bits per heavy atom. The fraction of sp³-hybridized carbons (Fsp3) is 0. The van der Waals surface area contributed by atoms with Crippen LogP contribution in [0, 0.1) is 0 Å². The van der Waals surface area contributed by atoms with Gasteiger partial charge in [0.1, 0.15) is 0 Å². The van der Waals surface area contributed by atoms with Crippen LogP contribution in [-0.4, -0.2) is 32.4 Å². The summed E-state index contributed by atoms with van der Waals surface area (Å²) >= 11 is -3.68. The van der Waals surface area contributed by atoms with Crippen LogP contribution in [0.25, 0.3) is 88.8 Å². The number of benzene rings is 9. The maximum absolute atomic E-state index is 5.79. The molecule has 0 unspecified atom stereocenters. The first-order valence-corrected chi connectivity index (χ1v) is 25.8. The first-order valence-electron chi connectivity index (χ1n) is 21.6. The van der Waals surface area contributed by atoms with Gasteiger partial charge in [-0.25, -0.2) is 0 Å². The zero-order valence-electron chi connectivity index (χ0n) is 34.2. The third-order valence-corrected chi connectivity index (χ3v) is 23.1. The van der Waals surface area contributed by atoms with Crippen molar-refractivity contribution in [3.8, 4) is 45.1 Å². The minimum atomic E-state index is -3.68. The van der Waals surface area contributed by atoms with Crippen LogP contribution >= 0.6 is 0 Å². The van der Waals surface area contributed by atoms with Gasteiger partial charge in [0.2, 0.25) is 0 Å². The topological polar surface area (TPSA) is 35.6 Å². The van der Waals surface area contributed by atoms with E-state index < -0.39 is 13.3 Å². The van der Waals surface area contributed by atoms with Gasteiger partial charge in [-0.1, -0.05) is 30.3 Å². The van der Waals surface area contributed by atoms with Crippen LogP contribution in [0.4, 0.5) is 0 Å². The van der Waals surface area contributed by atoms with Gasteiger partial charge in [-0.2, -0.15) is 0 Å². The molecule has 13 rings (SSSR count). The summed E-state index contributed by atoms with van der Waals surface area (Å²) in [6.07, 6.45) is 0. The van der Waals surface area contributed by atoms with Crippen LogP contribution in [0.1, 0.15) is 0 Å². The van der Waals surface area contributed by atoms with Crippen molar-refractivity contribution in [3.63, 3.8) is 0 Å². The van der Waals surface area contributed by atoms with E-state index in [2.05, 4.69) is 240 Å². The molecule has 294 valence electrons. The number of hydrogen-bond donors (Lipinski definition) is 0. The summed E-state index contributed by atoms with van der Waals surface area (Å²) in [5, 5.41) is 4.94. The number of rotatable bonds is 6. The second-order valence-electron chi connectivity index (χ2n) is 16.5. The summed E-state index contributed by atoms with van der Waals surface area (Å²) in [4.78, 5) is 11.3. The monoisotopic (exact) mass is 864 g/mol. The molecule has 5 heteroatoms. The molecule has 0 aliphatic carbocycles. The van der Waals surface area contributed by atoms with Gasteiger partial charge in [-0.15, -0.1) is 0 Å². The Kier molecular flexibility index (Phi) is 8.05. The molecular weight excluding hydrogens is 825 g/mol. The van der Waals surface area contributed by atoms with Crippen LogP contribution in [-0.2, 0) is 0 Å². The van der Waals surface area contributed by atoms with Crippen LogP contribution in [0.5, 0.6) is 0 Å². The van der Waals surface area contributed by atoms with Crippen molar-refractivity contribution in [2.24, 2.45) is 0 Å². The van der Waals surface area contributed by atoms with Crippen LogP contribution < -0.4 is 17.7 Å². The molecule has 4 heterocycles. The van der Waals surface area contributed by atoms with E-state index in [-0.39, 0.29) is 0 Å². The van der Waals surface area contributed by atoms with Crippen LogP contribution in [0.3, 0.4) is 0 Å². The van der Waals surface area contributed by atoms with Gasteiger partial charge in [-0.3, -0.25) is 0 Å². The van der Waals surface area contributed by atoms with Crippen molar-refractivity contribution in [3.05, 3.63) is 231 Å². The molecule has 0 amide bonds. The summed E-state index contributed by atoms with van der Waals surface area (Å²) in [6.45, 7) is 0. The summed E-state index contributed by atoms with van der Waals surface area (Å²) in [6, 6.07) is 83.9. The van der Waals surface area contributed by atoms with Gasteiger partial charge in [0.25, 0.3) is 0 Å². The van der Waals surface area contributed by atoms with E-state index in [9.17, 15) is 0 Å². The molecule has 9 aromatic carbocycles. The summed E-state index contributed by atoms with van der Waals surface area (Å²) in [5.41, 5.74) is 12.4. The maximum atomic E-state index is 5.79. The van der Waals surface area contributed by atoms with Gasteiger partial charge in [0, 0.05) is 5.69 Å². The van der Waals surface area contributed by atoms with E-state index >= 15 is 0 Å². The number of aromatic nitrogens is 4. The predicted octanol–water partition coefficient (Wildman–Crippen LogP) is 11.4. The Bertz CT molecular complexity index is 3670. The molecule has 0 bridgehead atoms. The fourth-order valence-electron chi connectivity index (χ4n) is 10.6. The van der Waals surface area contributed by atoms with Gasteiger partial charge in [-0.05, 0) is 18.2 Å². The summed E-state index contributed by atoms with van der Waals surface area (Å²) in [7, 11) is 0. The Morgan fingerprint density at radius 2 is 0.921 bits per heavy atom. The molecule has 0 saturated heterocycles. The molecule has 1 aliphatic rings. The van der Waals surface area contributed by atoms with E-state index in [0.29, 0.717) is 0 Å². The third kappa shape index (κ3) is 5.22. The second kappa shape index (κ2) is 14.1. The van der Waals surface area contributed by atoms with Crippen molar-refractivity contribution in [2.45, 2.75) is 0 Å². The molecule has 0 N–H and O–H groups in total. The van der Waals surface area contributed by atoms with E-state index in [0.717, 1.165) is 39.6 Å². The van der Waals surface area contributed by atoms with Gasteiger partial charge in [0.15, 0.2) is 0 Å². The Morgan fingerprint density at radius 1 is 0.365 bits per heavy atom. The number of hydrogen-bond acceptors (Lipinski definition) is 2. The first-order chi connectivity index (χ1) is 31.3. The quantitative estimate of drug-likeness (QED) is 0.156. The fourth-order valence-corrected chi connectivity index (χ4v) is 21.1. The number of nitrogens with zero attached hydrogens (tertiary/aromatic N) is 4. The molecule has 0 spiro atoms. The SMILES string of the molecule is c1ccc(-c2nc(-c3ccc(-n4c5ccccc5c5ccc6c(c7ccccc7n6-c6ccccc6)c54)cc3)n[c]3c2-c2cccc[c]2[Ge]3([c]2ccccc2)[c]2ccccc2)cc1. The van der Waals surface area contributed by atoms with Crippen molar-refractivity contribution in [1.82, 2.24) is 19.1 Å². The van der Waals surface area contributed by atoms with Crippen molar-refractivity contribution >= 4 is 74.6 Å². The predicted molar refractivity (Wildman–Crippen MR) is 264 cm³/mol. The molecule has 12 aromatic rings. The zero-order chi connectivity index (χ0) is 41.5. The molecular formula is C58H38GeN4. The average Bonchev–Trinajstić information content (AvgIpc) is 3.99. The number of fused-ring (bicyclic) bond motifs is 10. The Hall–Kier alpha value is -7.80. The third-order valence-electron chi connectivity index (χ3n) is 13.2. The summed E-state index contributed by atoms with van der Waals surface area (Å²) < 4.78 is 10.2. The number of para-hydroxylation sites is 3. The molecule has 1 aliphatic heterocycles. The van der Waals surface area contributed by atoms with Crippen LogP contribution in [0.15, 0.2) is 231 Å². The second-order valence-corrected chi connectivity index (χ2v) is 24.2. The molecule has 0 atom stereocenters. The molecule has 0 saturated carbocycles. The zero-order valence-corrected chi connectivity index (χ0v) is 36.3. The summed E-state index contributed by atoms with van der Waals surface area (Å²) in [5.74, 6) is 0.740. The average molecular weight is 864 g/mol. The molecule has 63 heavy (non-hydrogen) atoms. The van der Waals surface area contributed by atoms with E-state index in [1.54, 1.807) is 0 Å². The van der Waals surface area contributed by atoms with Gasteiger partial charge < -0.3 is 0 Å². The molecule has 4 nitrogen and oxygen atoms in total. The Balaban J connectivity index is 1.06. The van der Waals surface area contributed by atoms with Crippen LogP contribution in [0.2, 0.25) is 0 Å². The minimum absolute atomic E-state index is 0.740. The van der Waals surface area contributed by atoms with E-state index in [1.807, 2.05) is 0 Å². The van der Waals surface area contributed by atoms with Crippen molar-refractivity contribution in [2.75, 3.05) is 0 Å². The first kappa shape index (κ1) is 35.9. The molecule has 3 aromatic heterocycles. The van der Waals surface area contributed by atoms with Crippen molar-refractivity contribution < 1.29 is 0 Å². The Labute approximate surface area is 367 Å². The van der Waals surface area contributed by atoms with Gasteiger partial charge >= 0.3 is 315 Å². The van der Waals surface area contributed by atoms with Crippen molar-refractivity contribution in [1.29, 1.82) is 0 Å². The normalized spacial score (nSPS) is 12.9. The van der Waals surface area contributed by atoms with E-state index in [1.165, 1.54) is 66.9 Å².